The van der Waals surface area contributed by atoms with Crippen LogP contribution in [0.2, 0.25) is 0 Å². The van der Waals surface area contributed by atoms with Gasteiger partial charge in [0.25, 0.3) is 0 Å². The normalized spacial score (nSPS) is 13.7. The quantitative estimate of drug-likeness (QED) is 0.780. The summed E-state index contributed by atoms with van der Waals surface area (Å²) in [7, 11) is 0. The van der Waals surface area contributed by atoms with E-state index < -0.39 is 0 Å². The van der Waals surface area contributed by atoms with Crippen molar-refractivity contribution >= 4 is 11.6 Å². The summed E-state index contributed by atoms with van der Waals surface area (Å²) in [6.45, 7) is 5.86. The third kappa shape index (κ3) is 4.23. The molecule has 2 unspecified atom stereocenters. The SMILES string of the molecule is C#CC(NC(C)C(=O)Nc1ccccc1)C(C)C. The Morgan fingerprint density at radius 2 is 1.83 bits per heavy atom. The molecule has 1 amide bonds. The maximum Gasteiger partial charge on any atom is 0.241 e. The molecule has 0 aromatic heterocycles. The second-order valence-corrected chi connectivity index (χ2v) is 4.63. The van der Waals surface area contributed by atoms with Gasteiger partial charge in [0.15, 0.2) is 0 Å². The second-order valence-electron chi connectivity index (χ2n) is 4.63. The van der Waals surface area contributed by atoms with E-state index in [4.69, 9.17) is 6.42 Å². The van der Waals surface area contributed by atoms with E-state index in [-0.39, 0.29) is 18.0 Å². The number of para-hydroxylation sites is 1. The van der Waals surface area contributed by atoms with Crippen LogP contribution in [0, 0.1) is 18.3 Å². The summed E-state index contributed by atoms with van der Waals surface area (Å²) >= 11 is 0. The van der Waals surface area contributed by atoms with Crippen LogP contribution in [0.5, 0.6) is 0 Å². The standard InChI is InChI=1S/C15H20N2O/c1-5-14(11(2)3)16-12(4)15(18)17-13-9-7-6-8-10-13/h1,6-12,14,16H,2-4H3,(H,17,18). The molecule has 3 heteroatoms. The Kier molecular flexibility index (Phi) is 5.41. The molecule has 2 N–H and O–H groups in total. The van der Waals surface area contributed by atoms with E-state index in [0.29, 0.717) is 5.92 Å². The van der Waals surface area contributed by atoms with E-state index >= 15 is 0 Å². The minimum Gasteiger partial charge on any atom is -0.325 e. The summed E-state index contributed by atoms with van der Waals surface area (Å²) in [6, 6.07) is 8.95. The Balaban J connectivity index is 2.55. The van der Waals surface area contributed by atoms with Gasteiger partial charge in [-0.3, -0.25) is 10.1 Å². The van der Waals surface area contributed by atoms with Gasteiger partial charge < -0.3 is 5.32 Å². The van der Waals surface area contributed by atoms with E-state index in [1.54, 1.807) is 0 Å². The van der Waals surface area contributed by atoms with Crippen molar-refractivity contribution in [3.63, 3.8) is 0 Å². The fourth-order valence-electron chi connectivity index (χ4n) is 1.55. The lowest BCUT2D eigenvalue weighted by molar-refractivity contribution is -0.117. The Labute approximate surface area is 109 Å². The van der Waals surface area contributed by atoms with E-state index in [2.05, 4.69) is 16.6 Å². The maximum absolute atomic E-state index is 11.9. The van der Waals surface area contributed by atoms with Crippen molar-refractivity contribution < 1.29 is 4.79 Å². The molecule has 0 radical (unpaired) electrons. The summed E-state index contributed by atoms with van der Waals surface area (Å²) in [6.07, 6.45) is 5.43. The third-order valence-electron chi connectivity index (χ3n) is 2.71. The zero-order chi connectivity index (χ0) is 13.5. The maximum atomic E-state index is 11.9. The fourth-order valence-corrected chi connectivity index (χ4v) is 1.55. The molecule has 0 aliphatic rings. The van der Waals surface area contributed by atoms with Gasteiger partial charge >= 0.3 is 0 Å². The number of rotatable bonds is 5. The summed E-state index contributed by atoms with van der Waals surface area (Å²) < 4.78 is 0. The van der Waals surface area contributed by atoms with E-state index in [0.717, 1.165) is 5.69 Å². The van der Waals surface area contributed by atoms with Crippen LogP contribution in [0.25, 0.3) is 0 Å². The molecule has 0 aliphatic carbocycles. The van der Waals surface area contributed by atoms with Crippen molar-refractivity contribution in [3.05, 3.63) is 30.3 Å². The Hall–Kier alpha value is -1.79. The van der Waals surface area contributed by atoms with Gasteiger partial charge in [-0.15, -0.1) is 6.42 Å². The average molecular weight is 244 g/mol. The molecule has 0 fully saturated rings. The van der Waals surface area contributed by atoms with Gasteiger partial charge in [0, 0.05) is 5.69 Å². The van der Waals surface area contributed by atoms with Crippen LogP contribution in [0.1, 0.15) is 20.8 Å². The average Bonchev–Trinajstić information content (AvgIpc) is 2.36. The van der Waals surface area contributed by atoms with Crippen LogP contribution in [0.4, 0.5) is 5.69 Å². The molecule has 0 aliphatic heterocycles. The highest BCUT2D eigenvalue weighted by Gasteiger charge is 2.18. The molecule has 0 bridgehead atoms. The summed E-state index contributed by atoms with van der Waals surface area (Å²) in [5.41, 5.74) is 0.790. The number of amides is 1. The molecule has 0 saturated carbocycles. The molecule has 18 heavy (non-hydrogen) atoms. The predicted molar refractivity (Wildman–Crippen MR) is 75.1 cm³/mol. The van der Waals surface area contributed by atoms with Crippen LogP contribution in [-0.2, 0) is 4.79 Å². The number of hydrogen-bond donors (Lipinski definition) is 2. The first-order valence-electron chi connectivity index (χ1n) is 6.12. The van der Waals surface area contributed by atoms with Gasteiger partial charge in [0.2, 0.25) is 5.91 Å². The molecular formula is C15H20N2O. The van der Waals surface area contributed by atoms with Crippen molar-refractivity contribution in [1.29, 1.82) is 0 Å². The highest BCUT2D eigenvalue weighted by atomic mass is 16.2. The fraction of sp³-hybridized carbons (Fsp3) is 0.400. The molecule has 0 spiro atoms. The summed E-state index contributed by atoms with van der Waals surface area (Å²) in [4.78, 5) is 11.9. The number of terminal acetylenes is 1. The zero-order valence-corrected chi connectivity index (χ0v) is 11.1. The van der Waals surface area contributed by atoms with Gasteiger partial charge in [0.1, 0.15) is 0 Å². The highest BCUT2D eigenvalue weighted by molar-refractivity contribution is 5.94. The van der Waals surface area contributed by atoms with E-state index in [9.17, 15) is 4.79 Å². The molecule has 1 rings (SSSR count). The van der Waals surface area contributed by atoms with Gasteiger partial charge in [-0.2, -0.15) is 0 Å². The van der Waals surface area contributed by atoms with Crippen LogP contribution in [-0.4, -0.2) is 18.0 Å². The van der Waals surface area contributed by atoms with Crippen molar-refractivity contribution in [1.82, 2.24) is 5.32 Å². The van der Waals surface area contributed by atoms with Crippen molar-refractivity contribution in [2.45, 2.75) is 32.9 Å². The lowest BCUT2D eigenvalue weighted by atomic mass is 10.0. The molecular weight excluding hydrogens is 224 g/mol. The molecule has 1 aromatic rings. The summed E-state index contributed by atoms with van der Waals surface area (Å²) in [5, 5.41) is 5.98. The molecule has 96 valence electrons. The van der Waals surface area contributed by atoms with Crippen molar-refractivity contribution in [3.8, 4) is 12.3 Å². The van der Waals surface area contributed by atoms with Gasteiger partial charge in [-0.05, 0) is 25.0 Å². The lowest BCUT2D eigenvalue weighted by Gasteiger charge is -2.21. The minimum atomic E-state index is -0.325. The first-order valence-corrected chi connectivity index (χ1v) is 6.12. The number of carbonyl (C=O) groups excluding carboxylic acids is 1. The molecule has 0 saturated heterocycles. The first-order chi connectivity index (χ1) is 8.54. The number of hydrogen-bond acceptors (Lipinski definition) is 2. The van der Waals surface area contributed by atoms with Crippen LogP contribution < -0.4 is 10.6 Å². The van der Waals surface area contributed by atoms with E-state index in [1.807, 2.05) is 51.1 Å². The second kappa shape index (κ2) is 6.83. The predicted octanol–water partition coefficient (Wildman–Crippen LogP) is 2.26. The van der Waals surface area contributed by atoms with Crippen molar-refractivity contribution in [2.75, 3.05) is 5.32 Å². The van der Waals surface area contributed by atoms with Gasteiger partial charge in [-0.25, -0.2) is 0 Å². The molecule has 2 atom stereocenters. The monoisotopic (exact) mass is 244 g/mol. The Morgan fingerprint density at radius 3 is 2.33 bits per heavy atom. The van der Waals surface area contributed by atoms with Gasteiger partial charge in [-0.1, -0.05) is 38.0 Å². The topological polar surface area (TPSA) is 41.1 Å². The number of nitrogens with one attached hydrogen (secondary N) is 2. The number of carbonyl (C=O) groups is 1. The first kappa shape index (κ1) is 14.3. The lowest BCUT2D eigenvalue weighted by Crippen LogP contribution is -2.45. The Morgan fingerprint density at radius 1 is 1.22 bits per heavy atom. The zero-order valence-electron chi connectivity index (χ0n) is 11.1. The smallest absolute Gasteiger partial charge is 0.241 e. The molecule has 0 heterocycles. The van der Waals surface area contributed by atoms with Crippen LogP contribution >= 0.6 is 0 Å². The highest BCUT2D eigenvalue weighted by Crippen LogP contribution is 2.07. The van der Waals surface area contributed by atoms with E-state index in [1.165, 1.54) is 0 Å². The minimum absolute atomic E-state index is 0.0814. The third-order valence-corrected chi connectivity index (χ3v) is 2.71. The summed E-state index contributed by atoms with van der Waals surface area (Å²) in [5.74, 6) is 2.87. The molecule has 3 nitrogen and oxygen atoms in total. The number of benzene rings is 1. The largest absolute Gasteiger partial charge is 0.325 e. The Bertz CT molecular complexity index is 420. The molecule has 1 aromatic carbocycles. The van der Waals surface area contributed by atoms with Crippen molar-refractivity contribution in [2.24, 2.45) is 5.92 Å². The van der Waals surface area contributed by atoms with Gasteiger partial charge in [0.05, 0.1) is 12.1 Å². The van der Waals surface area contributed by atoms with Crippen LogP contribution in [0.15, 0.2) is 30.3 Å². The number of anilines is 1. The van der Waals surface area contributed by atoms with Crippen LogP contribution in [0.3, 0.4) is 0 Å².